The zero-order chi connectivity index (χ0) is 20.2. The maximum atomic E-state index is 15.1. The lowest BCUT2D eigenvalue weighted by molar-refractivity contribution is 0.0501. The van der Waals surface area contributed by atoms with Gasteiger partial charge in [0.2, 0.25) is 0 Å². The second kappa shape index (κ2) is 8.20. The molecule has 2 aromatic carbocycles. The van der Waals surface area contributed by atoms with Crippen LogP contribution < -0.4 is 5.32 Å². The van der Waals surface area contributed by atoms with Gasteiger partial charge in [-0.2, -0.15) is 0 Å². The van der Waals surface area contributed by atoms with E-state index < -0.39 is 40.6 Å². The van der Waals surface area contributed by atoms with E-state index in [0.717, 1.165) is 0 Å². The summed E-state index contributed by atoms with van der Waals surface area (Å²) in [6.45, 7) is 6.95. The van der Waals surface area contributed by atoms with Gasteiger partial charge >= 0.3 is 6.09 Å². The number of amides is 1. The van der Waals surface area contributed by atoms with Crippen LogP contribution in [0.1, 0.15) is 61.6 Å². The van der Waals surface area contributed by atoms with Gasteiger partial charge in [0.1, 0.15) is 22.7 Å². The van der Waals surface area contributed by atoms with Crippen molar-refractivity contribution < 1.29 is 23.8 Å². The molecule has 0 aromatic heterocycles. The number of ether oxygens (including phenoxy) is 1. The second-order valence-electron chi connectivity index (χ2n) is 7.17. The van der Waals surface area contributed by atoms with Gasteiger partial charge in [0.05, 0.1) is 6.04 Å². The first-order valence-electron chi connectivity index (χ1n) is 8.74. The molecule has 0 aliphatic heterocycles. The topological polar surface area (TPSA) is 75.6 Å². The maximum absolute atomic E-state index is 15.1. The van der Waals surface area contributed by atoms with E-state index >= 15 is 4.39 Å². The zero-order valence-corrected chi connectivity index (χ0v) is 15.9. The van der Waals surface area contributed by atoms with Crippen LogP contribution in [0.2, 0.25) is 0 Å². The summed E-state index contributed by atoms with van der Waals surface area (Å²) in [5.41, 5.74) is -0.731. The molecule has 2 N–H and O–H groups in total. The molecule has 27 heavy (non-hydrogen) atoms. The third-order valence-corrected chi connectivity index (χ3v) is 3.89. The van der Waals surface area contributed by atoms with Crippen LogP contribution in [0.5, 0.6) is 5.75 Å². The molecule has 1 unspecified atom stereocenters. The van der Waals surface area contributed by atoms with Crippen LogP contribution in [0.3, 0.4) is 0 Å². The zero-order valence-electron chi connectivity index (χ0n) is 15.9. The molecule has 0 bridgehead atoms. The fourth-order valence-corrected chi connectivity index (χ4v) is 2.65. The Kier molecular flexibility index (Phi) is 6.20. The van der Waals surface area contributed by atoms with Gasteiger partial charge in [0, 0.05) is 11.1 Å². The molecule has 0 saturated heterocycles. The summed E-state index contributed by atoms with van der Waals surface area (Å²) < 4.78 is 20.3. The number of halogens is 1. The molecular formula is C21H24FNO4. The highest BCUT2D eigenvalue weighted by Crippen LogP contribution is 2.30. The molecule has 0 spiro atoms. The molecular weight excluding hydrogens is 349 g/mol. The number of phenolic OH excluding ortho intramolecular Hbond substituents is 1. The van der Waals surface area contributed by atoms with Crippen LogP contribution in [-0.4, -0.2) is 22.6 Å². The largest absolute Gasteiger partial charge is 0.507 e. The molecule has 5 nitrogen and oxygen atoms in total. The van der Waals surface area contributed by atoms with E-state index in [9.17, 15) is 14.7 Å². The SMILES string of the molecule is CCC(NC(=O)OC(C)(C)C)c1ccc(O)c(C(=O)c2ccccc2)c1F. The van der Waals surface area contributed by atoms with E-state index in [2.05, 4.69) is 5.32 Å². The number of benzene rings is 2. The third kappa shape index (κ3) is 5.06. The highest BCUT2D eigenvalue weighted by atomic mass is 19.1. The summed E-state index contributed by atoms with van der Waals surface area (Å²) >= 11 is 0. The van der Waals surface area contributed by atoms with Gasteiger partial charge in [0.15, 0.2) is 5.78 Å². The number of hydrogen-bond donors (Lipinski definition) is 2. The average molecular weight is 373 g/mol. The summed E-state index contributed by atoms with van der Waals surface area (Å²) in [5.74, 6) is -1.93. The van der Waals surface area contributed by atoms with Gasteiger partial charge in [-0.15, -0.1) is 0 Å². The van der Waals surface area contributed by atoms with E-state index in [1.165, 1.54) is 12.1 Å². The van der Waals surface area contributed by atoms with E-state index in [1.54, 1.807) is 58.0 Å². The molecule has 1 amide bonds. The summed E-state index contributed by atoms with van der Waals surface area (Å²) in [4.78, 5) is 24.7. The molecule has 1 atom stereocenters. The van der Waals surface area contributed by atoms with E-state index in [-0.39, 0.29) is 11.1 Å². The van der Waals surface area contributed by atoms with Crippen molar-refractivity contribution >= 4 is 11.9 Å². The molecule has 2 rings (SSSR count). The summed E-state index contributed by atoms with van der Waals surface area (Å²) in [6, 6.07) is 10.1. The Labute approximate surface area is 158 Å². The third-order valence-electron chi connectivity index (χ3n) is 3.89. The Morgan fingerprint density at radius 3 is 2.33 bits per heavy atom. The number of aromatic hydroxyl groups is 1. The predicted octanol–water partition coefficient (Wildman–Crippen LogP) is 4.74. The summed E-state index contributed by atoms with van der Waals surface area (Å²) in [5, 5.41) is 12.7. The Morgan fingerprint density at radius 2 is 1.78 bits per heavy atom. The lowest BCUT2D eigenvalue weighted by Crippen LogP contribution is -2.35. The van der Waals surface area contributed by atoms with Crippen LogP contribution in [-0.2, 0) is 4.74 Å². The molecule has 6 heteroatoms. The van der Waals surface area contributed by atoms with Crippen LogP contribution in [0.4, 0.5) is 9.18 Å². The van der Waals surface area contributed by atoms with Gasteiger partial charge in [-0.3, -0.25) is 4.79 Å². The van der Waals surface area contributed by atoms with Gasteiger partial charge in [-0.05, 0) is 33.3 Å². The van der Waals surface area contributed by atoms with E-state index in [4.69, 9.17) is 4.74 Å². The molecule has 0 aliphatic rings. The van der Waals surface area contributed by atoms with E-state index in [0.29, 0.717) is 6.42 Å². The van der Waals surface area contributed by atoms with Crippen molar-refractivity contribution in [2.75, 3.05) is 0 Å². The minimum absolute atomic E-state index is 0.112. The molecule has 2 aromatic rings. The lowest BCUT2D eigenvalue weighted by Gasteiger charge is -2.24. The fourth-order valence-electron chi connectivity index (χ4n) is 2.65. The highest BCUT2D eigenvalue weighted by Gasteiger charge is 2.26. The van der Waals surface area contributed by atoms with Crippen LogP contribution in [0, 0.1) is 5.82 Å². The van der Waals surface area contributed by atoms with Crippen LogP contribution >= 0.6 is 0 Å². The number of phenols is 1. The van der Waals surface area contributed by atoms with Gasteiger partial charge < -0.3 is 15.2 Å². The Hall–Kier alpha value is -2.89. The molecule has 0 aliphatic carbocycles. The molecule has 0 saturated carbocycles. The smallest absolute Gasteiger partial charge is 0.408 e. The van der Waals surface area contributed by atoms with Crippen molar-refractivity contribution in [3.63, 3.8) is 0 Å². The quantitative estimate of drug-likeness (QED) is 0.743. The van der Waals surface area contributed by atoms with E-state index in [1.807, 2.05) is 0 Å². The number of nitrogens with one attached hydrogen (secondary N) is 1. The number of rotatable bonds is 5. The first-order chi connectivity index (χ1) is 12.6. The van der Waals surface area contributed by atoms with Gasteiger partial charge in [-0.1, -0.05) is 43.3 Å². The van der Waals surface area contributed by atoms with Crippen molar-refractivity contribution in [3.8, 4) is 5.75 Å². The molecule has 0 fully saturated rings. The maximum Gasteiger partial charge on any atom is 0.408 e. The fraction of sp³-hybridized carbons (Fsp3) is 0.333. The van der Waals surface area contributed by atoms with Crippen LogP contribution in [0.15, 0.2) is 42.5 Å². The predicted molar refractivity (Wildman–Crippen MR) is 100 cm³/mol. The summed E-state index contributed by atoms with van der Waals surface area (Å²) in [6.07, 6.45) is -0.308. The van der Waals surface area contributed by atoms with Crippen molar-refractivity contribution in [2.45, 2.75) is 45.8 Å². The van der Waals surface area contributed by atoms with Gasteiger partial charge in [0.25, 0.3) is 0 Å². The van der Waals surface area contributed by atoms with Crippen molar-refractivity contribution in [3.05, 3.63) is 65.0 Å². The monoisotopic (exact) mass is 373 g/mol. The Bertz CT molecular complexity index is 828. The van der Waals surface area contributed by atoms with Crippen molar-refractivity contribution in [1.82, 2.24) is 5.32 Å². The Balaban J connectivity index is 2.37. The minimum Gasteiger partial charge on any atom is -0.507 e. The lowest BCUT2D eigenvalue weighted by atomic mass is 9.95. The molecule has 0 heterocycles. The second-order valence-corrected chi connectivity index (χ2v) is 7.17. The highest BCUT2D eigenvalue weighted by molar-refractivity contribution is 6.11. The van der Waals surface area contributed by atoms with Crippen molar-refractivity contribution in [2.24, 2.45) is 0 Å². The first-order valence-corrected chi connectivity index (χ1v) is 8.74. The Morgan fingerprint density at radius 1 is 1.15 bits per heavy atom. The number of carbonyl (C=O) groups excluding carboxylic acids is 2. The molecule has 0 radical (unpaired) electrons. The first kappa shape index (κ1) is 20.4. The molecule has 144 valence electrons. The number of hydrogen-bond acceptors (Lipinski definition) is 4. The standard InChI is InChI=1S/C21H24FNO4/c1-5-15(23-20(26)27-21(2,3)4)14-11-12-16(24)17(18(14)22)19(25)13-9-7-6-8-10-13/h6-12,15,24H,5H2,1-4H3,(H,23,26). The normalized spacial score (nSPS) is 12.3. The summed E-state index contributed by atoms with van der Waals surface area (Å²) in [7, 11) is 0. The van der Waals surface area contributed by atoms with Crippen molar-refractivity contribution in [1.29, 1.82) is 0 Å². The minimum atomic E-state index is -0.855. The average Bonchev–Trinajstić information content (AvgIpc) is 2.59. The van der Waals surface area contributed by atoms with Gasteiger partial charge in [-0.25, -0.2) is 9.18 Å². The number of alkyl carbamates (subject to hydrolysis) is 1. The number of ketones is 1. The van der Waals surface area contributed by atoms with Crippen LogP contribution in [0.25, 0.3) is 0 Å². The number of carbonyl (C=O) groups is 2.